The quantitative estimate of drug-likeness (QED) is 0.672. The Bertz CT molecular complexity index is 859. The van der Waals surface area contributed by atoms with Gasteiger partial charge in [-0.05, 0) is 17.0 Å². The Morgan fingerprint density at radius 1 is 1.20 bits per heavy atom. The number of carboxylic acids is 1. The van der Waals surface area contributed by atoms with Crippen LogP contribution in [0.4, 0.5) is 5.88 Å². The number of carbonyl (C=O) groups is 2. The molecule has 0 spiro atoms. The Labute approximate surface area is 146 Å². The van der Waals surface area contributed by atoms with Crippen molar-refractivity contribution in [2.75, 3.05) is 11.9 Å². The van der Waals surface area contributed by atoms with Gasteiger partial charge in [0.15, 0.2) is 5.56 Å². The lowest BCUT2D eigenvalue weighted by molar-refractivity contribution is -0.121. The van der Waals surface area contributed by atoms with E-state index in [1.165, 1.54) is 11.3 Å². The number of aromatic nitrogens is 1. The van der Waals surface area contributed by atoms with E-state index < -0.39 is 11.9 Å². The molecule has 0 aliphatic heterocycles. The van der Waals surface area contributed by atoms with Crippen molar-refractivity contribution in [2.24, 2.45) is 0 Å². The van der Waals surface area contributed by atoms with E-state index in [1.54, 1.807) is 17.5 Å². The zero-order valence-corrected chi connectivity index (χ0v) is 13.8. The van der Waals surface area contributed by atoms with Gasteiger partial charge >= 0.3 is 5.97 Å². The first-order valence-corrected chi connectivity index (χ1v) is 8.21. The van der Waals surface area contributed by atoms with Crippen molar-refractivity contribution >= 4 is 29.1 Å². The van der Waals surface area contributed by atoms with Crippen LogP contribution in [0.2, 0.25) is 0 Å². The first kappa shape index (κ1) is 16.9. The molecule has 128 valence electrons. The number of hydrogen-bond acceptors (Lipinski definition) is 6. The number of hydrogen-bond donors (Lipinski definition) is 2. The minimum atomic E-state index is -1.23. The van der Waals surface area contributed by atoms with Crippen molar-refractivity contribution in [1.82, 2.24) is 5.16 Å². The summed E-state index contributed by atoms with van der Waals surface area (Å²) in [6.07, 6.45) is 0. The molecule has 0 aliphatic carbocycles. The zero-order chi connectivity index (χ0) is 17.6. The Kier molecular flexibility index (Phi) is 5.22. The number of rotatable bonds is 7. The lowest BCUT2D eigenvalue weighted by Crippen LogP contribution is -2.19. The predicted octanol–water partition coefficient (Wildman–Crippen LogP) is 3.26. The number of aromatic carboxylic acids is 1. The molecule has 2 heterocycles. The van der Waals surface area contributed by atoms with Crippen LogP contribution in [0.15, 0.2) is 52.4 Å². The molecule has 2 aromatic heterocycles. The summed E-state index contributed by atoms with van der Waals surface area (Å²) in [7, 11) is 0. The number of anilines is 1. The highest BCUT2D eigenvalue weighted by Crippen LogP contribution is 2.31. The lowest BCUT2D eigenvalue weighted by Gasteiger charge is -2.05. The fourth-order valence-electron chi connectivity index (χ4n) is 2.15. The van der Waals surface area contributed by atoms with Crippen molar-refractivity contribution in [3.8, 4) is 10.6 Å². The van der Waals surface area contributed by atoms with Gasteiger partial charge in [0.25, 0.3) is 5.91 Å². The summed E-state index contributed by atoms with van der Waals surface area (Å²) in [5.41, 5.74) is 0.933. The standard InChI is InChI=1S/C17H14N2O5S/c20-13(10-23-9-11-5-2-1-3-6-11)18-16-14(17(21)22)15(19-24-16)12-7-4-8-25-12/h1-8H,9-10H2,(H,18,20)(H,21,22). The van der Waals surface area contributed by atoms with Crippen LogP contribution in [-0.2, 0) is 16.1 Å². The summed E-state index contributed by atoms with van der Waals surface area (Å²) >= 11 is 1.33. The van der Waals surface area contributed by atoms with Gasteiger partial charge in [-0.25, -0.2) is 4.79 Å². The van der Waals surface area contributed by atoms with Crippen LogP contribution in [0.25, 0.3) is 10.6 Å². The molecule has 0 fully saturated rings. The highest BCUT2D eigenvalue weighted by molar-refractivity contribution is 7.13. The van der Waals surface area contributed by atoms with Gasteiger partial charge in [-0.3, -0.25) is 10.1 Å². The van der Waals surface area contributed by atoms with Gasteiger partial charge in [0, 0.05) is 0 Å². The zero-order valence-electron chi connectivity index (χ0n) is 13.0. The minimum absolute atomic E-state index is 0.182. The first-order chi connectivity index (χ1) is 12.1. The van der Waals surface area contributed by atoms with Crippen molar-refractivity contribution in [2.45, 2.75) is 6.61 Å². The van der Waals surface area contributed by atoms with Gasteiger partial charge in [0.05, 0.1) is 11.5 Å². The maximum atomic E-state index is 12.0. The van der Waals surface area contributed by atoms with Crippen LogP contribution in [0.1, 0.15) is 15.9 Å². The number of thiophene rings is 1. The van der Waals surface area contributed by atoms with Crippen LogP contribution in [0.3, 0.4) is 0 Å². The van der Waals surface area contributed by atoms with E-state index in [2.05, 4.69) is 10.5 Å². The molecule has 0 unspecified atom stereocenters. The monoisotopic (exact) mass is 358 g/mol. The minimum Gasteiger partial charge on any atom is -0.477 e. The second kappa shape index (κ2) is 7.73. The van der Waals surface area contributed by atoms with E-state index in [9.17, 15) is 14.7 Å². The van der Waals surface area contributed by atoms with E-state index in [1.807, 2.05) is 30.3 Å². The molecule has 8 heteroatoms. The van der Waals surface area contributed by atoms with E-state index >= 15 is 0 Å². The van der Waals surface area contributed by atoms with Crippen molar-refractivity contribution in [3.05, 3.63) is 59.0 Å². The highest BCUT2D eigenvalue weighted by Gasteiger charge is 2.25. The van der Waals surface area contributed by atoms with Crippen LogP contribution < -0.4 is 5.32 Å². The molecule has 0 saturated heterocycles. The third kappa shape index (κ3) is 4.11. The SMILES string of the molecule is O=C(COCc1ccccc1)Nc1onc(-c2cccs2)c1C(=O)O. The molecule has 0 atom stereocenters. The number of amides is 1. The number of ether oxygens (including phenoxy) is 1. The molecule has 0 aliphatic rings. The summed E-state index contributed by atoms with van der Waals surface area (Å²) in [4.78, 5) is 24.1. The molecule has 0 bridgehead atoms. The number of carboxylic acid groups (broad SMARTS) is 1. The average molecular weight is 358 g/mol. The fraction of sp³-hybridized carbons (Fsp3) is 0.118. The Hall–Kier alpha value is -2.97. The smallest absolute Gasteiger partial charge is 0.343 e. The highest BCUT2D eigenvalue weighted by atomic mass is 32.1. The number of benzene rings is 1. The third-order valence-corrected chi connectivity index (χ3v) is 4.13. The fourth-order valence-corrected chi connectivity index (χ4v) is 2.87. The van der Waals surface area contributed by atoms with Gasteiger partial charge in [0.1, 0.15) is 12.3 Å². The molecule has 7 nitrogen and oxygen atoms in total. The molecule has 1 amide bonds. The van der Waals surface area contributed by atoms with Gasteiger partial charge in [0.2, 0.25) is 5.88 Å². The van der Waals surface area contributed by atoms with Crippen LogP contribution >= 0.6 is 11.3 Å². The topological polar surface area (TPSA) is 102 Å². The maximum absolute atomic E-state index is 12.0. The summed E-state index contributed by atoms with van der Waals surface area (Å²) in [6, 6.07) is 12.9. The van der Waals surface area contributed by atoms with Crippen LogP contribution in [0.5, 0.6) is 0 Å². The first-order valence-electron chi connectivity index (χ1n) is 7.33. The third-order valence-electron chi connectivity index (χ3n) is 3.26. The van der Waals surface area contributed by atoms with Crippen molar-refractivity contribution in [3.63, 3.8) is 0 Å². The normalized spacial score (nSPS) is 10.6. The summed E-state index contributed by atoms with van der Waals surface area (Å²) in [6.45, 7) is 0.0416. The Balaban J connectivity index is 1.64. The van der Waals surface area contributed by atoms with Crippen LogP contribution in [-0.4, -0.2) is 28.7 Å². The van der Waals surface area contributed by atoms with Crippen molar-refractivity contribution < 1.29 is 24.0 Å². The lowest BCUT2D eigenvalue weighted by atomic mass is 10.2. The second-order valence-electron chi connectivity index (χ2n) is 5.04. The van der Waals surface area contributed by atoms with E-state index in [-0.39, 0.29) is 30.4 Å². The molecule has 0 radical (unpaired) electrons. The van der Waals surface area contributed by atoms with Gasteiger partial charge < -0.3 is 14.4 Å². The van der Waals surface area contributed by atoms with Crippen molar-refractivity contribution in [1.29, 1.82) is 0 Å². The van der Waals surface area contributed by atoms with E-state index in [0.29, 0.717) is 4.88 Å². The molecule has 1 aromatic carbocycles. The molecular weight excluding hydrogens is 344 g/mol. The summed E-state index contributed by atoms with van der Waals surface area (Å²) in [5, 5.41) is 17.3. The van der Waals surface area contributed by atoms with Gasteiger partial charge in [-0.1, -0.05) is 41.6 Å². The molecule has 3 aromatic rings. The predicted molar refractivity (Wildman–Crippen MR) is 91.5 cm³/mol. The van der Waals surface area contributed by atoms with Gasteiger partial charge in [-0.2, -0.15) is 0 Å². The summed E-state index contributed by atoms with van der Waals surface area (Å²) < 4.78 is 10.3. The number of nitrogens with one attached hydrogen (secondary N) is 1. The maximum Gasteiger partial charge on any atom is 0.343 e. The van der Waals surface area contributed by atoms with E-state index in [0.717, 1.165) is 5.56 Å². The van der Waals surface area contributed by atoms with E-state index in [4.69, 9.17) is 9.26 Å². The molecular formula is C17H14N2O5S. The number of carbonyl (C=O) groups excluding carboxylic acids is 1. The number of nitrogens with zero attached hydrogens (tertiary/aromatic N) is 1. The largest absolute Gasteiger partial charge is 0.477 e. The van der Waals surface area contributed by atoms with Gasteiger partial charge in [-0.15, -0.1) is 11.3 Å². The van der Waals surface area contributed by atoms with Crippen LogP contribution in [0, 0.1) is 0 Å². The molecule has 3 rings (SSSR count). The molecule has 25 heavy (non-hydrogen) atoms. The Morgan fingerprint density at radius 2 is 2.00 bits per heavy atom. The molecule has 2 N–H and O–H groups in total. The molecule has 0 saturated carbocycles. The summed E-state index contributed by atoms with van der Waals surface area (Å²) in [5.74, 6) is -1.96. The second-order valence-corrected chi connectivity index (χ2v) is 5.99. The average Bonchev–Trinajstić information content (AvgIpc) is 3.25. The Morgan fingerprint density at radius 3 is 2.68 bits per heavy atom.